The fourth-order valence-corrected chi connectivity index (χ4v) is 3.77. The van der Waals surface area contributed by atoms with Crippen LogP contribution >= 0.6 is 0 Å². The molecule has 144 valence electrons. The van der Waals surface area contributed by atoms with E-state index in [9.17, 15) is 13.2 Å². The van der Waals surface area contributed by atoms with Crippen molar-refractivity contribution in [2.45, 2.75) is 25.7 Å². The summed E-state index contributed by atoms with van der Waals surface area (Å²) in [5, 5.41) is 2.70. The van der Waals surface area contributed by atoms with E-state index in [1.54, 1.807) is 24.4 Å². The Labute approximate surface area is 164 Å². The van der Waals surface area contributed by atoms with Gasteiger partial charge in [0.2, 0.25) is 0 Å². The summed E-state index contributed by atoms with van der Waals surface area (Å²) >= 11 is 0. The molecular weight excluding hydrogens is 374 g/mol. The van der Waals surface area contributed by atoms with Crippen LogP contribution in [0.1, 0.15) is 27.0 Å². The zero-order valence-electron chi connectivity index (χ0n) is 15.9. The number of aromatic nitrogens is 1. The van der Waals surface area contributed by atoms with Crippen LogP contribution in [-0.4, -0.2) is 19.3 Å². The highest BCUT2D eigenvalue weighted by Gasteiger charge is 2.17. The SMILES string of the molecule is Cc1ccnc(NC(=O)c2ccc(S(=O)(=O)Nc3cccc(C)c3C)cc2)c1. The lowest BCUT2D eigenvalue weighted by Gasteiger charge is -2.12. The van der Waals surface area contributed by atoms with Crippen LogP contribution in [0, 0.1) is 20.8 Å². The van der Waals surface area contributed by atoms with Crippen LogP contribution < -0.4 is 10.0 Å². The Morgan fingerprint density at radius 2 is 1.68 bits per heavy atom. The van der Waals surface area contributed by atoms with Crippen LogP contribution in [-0.2, 0) is 10.0 Å². The van der Waals surface area contributed by atoms with Gasteiger partial charge in [-0.2, -0.15) is 0 Å². The molecule has 1 aromatic heterocycles. The summed E-state index contributed by atoms with van der Waals surface area (Å²) in [4.78, 5) is 16.5. The second-order valence-corrected chi connectivity index (χ2v) is 8.23. The van der Waals surface area contributed by atoms with E-state index in [1.165, 1.54) is 24.3 Å². The lowest BCUT2D eigenvalue weighted by atomic mass is 10.1. The first-order chi connectivity index (χ1) is 13.3. The molecule has 1 amide bonds. The molecule has 0 saturated carbocycles. The first kappa shape index (κ1) is 19.6. The monoisotopic (exact) mass is 395 g/mol. The van der Waals surface area contributed by atoms with E-state index in [1.807, 2.05) is 32.9 Å². The van der Waals surface area contributed by atoms with Gasteiger partial charge in [-0.25, -0.2) is 13.4 Å². The van der Waals surface area contributed by atoms with Gasteiger partial charge < -0.3 is 5.32 Å². The molecule has 0 unspecified atom stereocenters. The van der Waals surface area contributed by atoms with Crippen LogP contribution in [0.2, 0.25) is 0 Å². The molecule has 0 radical (unpaired) electrons. The van der Waals surface area contributed by atoms with Gasteiger partial charge in [-0.1, -0.05) is 12.1 Å². The van der Waals surface area contributed by atoms with Gasteiger partial charge in [0.25, 0.3) is 15.9 Å². The number of nitrogens with zero attached hydrogens (tertiary/aromatic N) is 1. The first-order valence-electron chi connectivity index (χ1n) is 8.69. The average molecular weight is 395 g/mol. The minimum absolute atomic E-state index is 0.0821. The standard InChI is InChI=1S/C21H21N3O3S/c1-14-11-12-22-20(13-14)23-21(25)17-7-9-18(10-8-17)28(26,27)24-19-6-4-5-15(2)16(19)3/h4-13,24H,1-3H3,(H,22,23,25). The number of nitrogens with one attached hydrogen (secondary N) is 2. The average Bonchev–Trinajstić information content (AvgIpc) is 2.65. The molecule has 2 N–H and O–H groups in total. The Bertz CT molecular complexity index is 1120. The number of anilines is 2. The number of pyridine rings is 1. The number of carbonyl (C=O) groups excluding carboxylic acids is 1. The highest BCUT2D eigenvalue weighted by molar-refractivity contribution is 7.92. The second kappa shape index (κ2) is 7.82. The lowest BCUT2D eigenvalue weighted by molar-refractivity contribution is 0.102. The minimum atomic E-state index is -3.75. The van der Waals surface area contributed by atoms with Gasteiger partial charge in [0.1, 0.15) is 5.82 Å². The molecule has 1 heterocycles. The summed E-state index contributed by atoms with van der Waals surface area (Å²) in [7, 11) is -3.75. The number of amides is 1. The van der Waals surface area contributed by atoms with Crippen LogP contribution in [0.4, 0.5) is 11.5 Å². The summed E-state index contributed by atoms with van der Waals surface area (Å²) in [6.45, 7) is 5.68. The van der Waals surface area contributed by atoms with Crippen molar-refractivity contribution in [3.63, 3.8) is 0 Å². The van der Waals surface area contributed by atoms with Crippen molar-refractivity contribution in [2.75, 3.05) is 10.0 Å². The van der Waals surface area contributed by atoms with Gasteiger partial charge in [-0.05, 0) is 79.9 Å². The van der Waals surface area contributed by atoms with Crippen LogP contribution in [0.5, 0.6) is 0 Å². The maximum absolute atomic E-state index is 12.7. The molecule has 0 aliphatic rings. The number of benzene rings is 2. The number of hydrogen-bond donors (Lipinski definition) is 2. The van der Waals surface area contributed by atoms with Gasteiger partial charge in [-0.3, -0.25) is 9.52 Å². The molecular formula is C21H21N3O3S. The quantitative estimate of drug-likeness (QED) is 0.682. The summed E-state index contributed by atoms with van der Waals surface area (Å²) in [5.74, 6) is 0.0859. The highest BCUT2D eigenvalue weighted by atomic mass is 32.2. The number of carbonyl (C=O) groups is 1. The Kier molecular flexibility index (Phi) is 5.46. The van der Waals surface area contributed by atoms with E-state index in [0.29, 0.717) is 17.1 Å². The molecule has 0 fully saturated rings. The summed E-state index contributed by atoms with van der Waals surface area (Å²) in [5.41, 5.74) is 3.72. The predicted octanol–water partition coefficient (Wildman–Crippen LogP) is 4.06. The first-order valence-corrected chi connectivity index (χ1v) is 10.2. The minimum Gasteiger partial charge on any atom is -0.307 e. The molecule has 0 aliphatic carbocycles. The summed E-state index contributed by atoms with van der Waals surface area (Å²) in [6.07, 6.45) is 1.61. The molecule has 28 heavy (non-hydrogen) atoms. The van der Waals surface area contributed by atoms with E-state index in [4.69, 9.17) is 0 Å². The molecule has 0 saturated heterocycles. The van der Waals surface area contributed by atoms with Crippen LogP contribution in [0.3, 0.4) is 0 Å². The highest BCUT2D eigenvalue weighted by Crippen LogP contribution is 2.22. The van der Waals surface area contributed by atoms with Gasteiger partial charge in [0.15, 0.2) is 0 Å². The van der Waals surface area contributed by atoms with Gasteiger partial charge in [0, 0.05) is 11.8 Å². The largest absolute Gasteiger partial charge is 0.307 e. The van der Waals surface area contributed by atoms with E-state index < -0.39 is 10.0 Å². The molecule has 2 aromatic carbocycles. The zero-order chi connectivity index (χ0) is 20.3. The molecule has 0 atom stereocenters. The maximum atomic E-state index is 12.7. The fraction of sp³-hybridized carbons (Fsp3) is 0.143. The smallest absolute Gasteiger partial charge is 0.261 e. The van der Waals surface area contributed by atoms with Crippen molar-refractivity contribution < 1.29 is 13.2 Å². The predicted molar refractivity (Wildman–Crippen MR) is 110 cm³/mol. The summed E-state index contributed by atoms with van der Waals surface area (Å²) < 4.78 is 27.9. The number of aryl methyl sites for hydroxylation is 2. The number of rotatable bonds is 5. The van der Waals surface area contributed by atoms with E-state index in [0.717, 1.165) is 16.7 Å². The van der Waals surface area contributed by atoms with Crippen molar-refractivity contribution >= 4 is 27.4 Å². The van der Waals surface area contributed by atoms with Gasteiger partial charge >= 0.3 is 0 Å². The second-order valence-electron chi connectivity index (χ2n) is 6.55. The van der Waals surface area contributed by atoms with E-state index >= 15 is 0 Å². The third kappa shape index (κ3) is 4.37. The van der Waals surface area contributed by atoms with E-state index in [2.05, 4.69) is 15.0 Å². The number of sulfonamides is 1. The normalized spacial score (nSPS) is 11.1. The molecule has 6 nitrogen and oxygen atoms in total. The third-order valence-electron chi connectivity index (χ3n) is 4.43. The summed E-state index contributed by atoms with van der Waals surface area (Å²) in [6, 6.07) is 14.8. The Morgan fingerprint density at radius 1 is 0.964 bits per heavy atom. The van der Waals surface area contributed by atoms with Crippen LogP contribution in [0.25, 0.3) is 0 Å². The maximum Gasteiger partial charge on any atom is 0.261 e. The fourth-order valence-electron chi connectivity index (χ4n) is 2.64. The van der Waals surface area contributed by atoms with Crippen LogP contribution in [0.15, 0.2) is 65.7 Å². The topological polar surface area (TPSA) is 88.2 Å². The van der Waals surface area contributed by atoms with Crippen molar-refractivity contribution in [3.05, 3.63) is 83.0 Å². The molecule has 0 spiro atoms. The van der Waals surface area contributed by atoms with E-state index in [-0.39, 0.29) is 10.8 Å². The Hall–Kier alpha value is -3.19. The van der Waals surface area contributed by atoms with Crippen molar-refractivity contribution in [1.29, 1.82) is 0 Å². The Morgan fingerprint density at radius 3 is 2.36 bits per heavy atom. The van der Waals surface area contributed by atoms with Crippen molar-refractivity contribution in [1.82, 2.24) is 4.98 Å². The van der Waals surface area contributed by atoms with Crippen molar-refractivity contribution in [3.8, 4) is 0 Å². The van der Waals surface area contributed by atoms with Gasteiger partial charge in [0.05, 0.1) is 10.6 Å². The van der Waals surface area contributed by atoms with Gasteiger partial charge in [-0.15, -0.1) is 0 Å². The molecule has 0 aliphatic heterocycles. The lowest BCUT2D eigenvalue weighted by Crippen LogP contribution is -2.15. The zero-order valence-corrected chi connectivity index (χ0v) is 16.7. The molecule has 3 aromatic rings. The Balaban J connectivity index is 1.77. The third-order valence-corrected chi connectivity index (χ3v) is 5.81. The molecule has 7 heteroatoms. The molecule has 0 bridgehead atoms. The number of hydrogen-bond acceptors (Lipinski definition) is 4. The molecule has 3 rings (SSSR count). The van der Waals surface area contributed by atoms with Crippen molar-refractivity contribution in [2.24, 2.45) is 0 Å².